The summed E-state index contributed by atoms with van der Waals surface area (Å²) in [5.41, 5.74) is 11.5. The van der Waals surface area contributed by atoms with E-state index in [2.05, 4.69) is 87.1 Å². The van der Waals surface area contributed by atoms with E-state index in [1.807, 2.05) is 81.9 Å². The minimum atomic E-state index is -4.82. The second kappa shape index (κ2) is 14.4. The lowest BCUT2D eigenvalue weighted by molar-refractivity contribution is -0.137. The predicted molar refractivity (Wildman–Crippen MR) is 246 cm³/mol. The lowest BCUT2D eigenvalue weighted by atomic mass is 9.92. The number of hydrogen-bond donors (Lipinski definition) is 0. The summed E-state index contributed by atoms with van der Waals surface area (Å²) in [6.45, 7) is 16.6. The highest BCUT2D eigenvalue weighted by molar-refractivity contribution is 6.13. The lowest BCUT2D eigenvalue weighted by Gasteiger charge is -2.24. The number of alkyl halides is 3. The number of aryl methyl sites for hydroxylation is 4. The summed E-state index contributed by atoms with van der Waals surface area (Å²) in [5.74, 6) is 0. The number of halogens is 3. The molecule has 0 bridgehead atoms. The van der Waals surface area contributed by atoms with Gasteiger partial charge in [0.15, 0.2) is 5.69 Å². The third-order valence-electron chi connectivity index (χ3n) is 12.2. The zero-order valence-corrected chi connectivity index (χ0v) is 34.4. The van der Waals surface area contributed by atoms with Crippen molar-refractivity contribution >= 4 is 49.3 Å². The van der Waals surface area contributed by atoms with Crippen LogP contribution in [0, 0.1) is 45.6 Å². The molecule has 0 atom stereocenters. The minimum absolute atomic E-state index is 0.150. The van der Waals surface area contributed by atoms with Crippen LogP contribution in [0.5, 0.6) is 0 Å². The zero-order chi connectivity index (χ0) is 43.0. The van der Waals surface area contributed by atoms with Crippen LogP contribution >= 0.6 is 0 Å². The number of para-hydroxylation sites is 2. The van der Waals surface area contributed by atoms with E-state index < -0.39 is 11.7 Å². The van der Waals surface area contributed by atoms with Gasteiger partial charge in [-0.2, -0.15) is 18.4 Å². The molecule has 8 aromatic carbocycles. The maximum absolute atomic E-state index is 15.5. The molecule has 62 heavy (non-hydrogen) atoms. The zero-order valence-electron chi connectivity index (χ0n) is 34.4. The van der Waals surface area contributed by atoms with Crippen molar-refractivity contribution in [2.45, 2.75) is 33.9 Å². The van der Waals surface area contributed by atoms with Crippen LogP contribution in [0.3, 0.4) is 0 Å². The molecule has 298 valence electrons. The van der Waals surface area contributed by atoms with E-state index in [1.165, 1.54) is 12.1 Å². The Morgan fingerprint density at radius 2 is 1.00 bits per heavy atom. The summed E-state index contributed by atoms with van der Waals surface area (Å²) in [6.07, 6.45) is -4.82. The Morgan fingerprint density at radius 3 is 1.45 bits per heavy atom. The van der Waals surface area contributed by atoms with Crippen molar-refractivity contribution in [1.29, 1.82) is 5.26 Å². The summed E-state index contributed by atoms with van der Waals surface area (Å²) in [4.78, 5) is 3.74. The first-order chi connectivity index (χ1) is 29.9. The van der Waals surface area contributed by atoms with Gasteiger partial charge in [-0.1, -0.05) is 114 Å². The summed E-state index contributed by atoms with van der Waals surface area (Å²) in [5, 5.41) is 14.4. The molecule has 0 saturated carbocycles. The molecule has 0 N–H and O–H groups in total. The summed E-state index contributed by atoms with van der Waals surface area (Å²) in [7, 11) is 0. The van der Waals surface area contributed by atoms with Crippen LogP contribution in [0.15, 0.2) is 152 Å². The smallest absolute Gasteiger partial charge is 0.309 e. The van der Waals surface area contributed by atoms with Crippen molar-refractivity contribution in [3.8, 4) is 50.8 Å². The third-order valence-corrected chi connectivity index (χ3v) is 12.2. The van der Waals surface area contributed by atoms with Gasteiger partial charge in [-0.15, -0.1) is 0 Å². The van der Waals surface area contributed by atoms with Crippen LogP contribution in [-0.4, -0.2) is 9.13 Å². The average molecular weight is 811 g/mol. The van der Waals surface area contributed by atoms with Crippen LogP contribution < -0.4 is 0 Å². The summed E-state index contributed by atoms with van der Waals surface area (Å²) in [6, 6.07) is 50.2. The molecule has 2 heterocycles. The molecule has 0 aliphatic carbocycles. The fourth-order valence-corrected chi connectivity index (χ4v) is 9.49. The average Bonchev–Trinajstić information content (AvgIpc) is 3.77. The van der Waals surface area contributed by atoms with Gasteiger partial charge >= 0.3 is 6.18 Å². The van der Waals surface area contributed by atoms with Gasteiger partial charge in [0.1, 0.15) is 0 Å². The molecule has 0 unspecified atom stereocenters. The van der Waals surface area contributed by atoms with E-state index in [9.17, 15) is 5.26 Å². The van der Waals surface area contributed by atoms with Crippen molar-refractivity contribution in [2.75, 3.05) is 0 Å². The van der Waals surface area contributed by atoms with Crippen LogP contribution in [0.25, 0.3) is 93.2 Å². The van der Waals surface area contributed by atoms with Gasteiger partial charge in [-0.3, -0.25) is 0 Å². The molecule has 10 aromatic rings. The van der Waals surface area contributed by atoms with Gasteiger partial charge in [0, 0.05) is 32.7 Å². The quantitative estimate of drug-likeness (QED) is 0.160. The van der Waals surface area contributed by atoms with Gasteiger partial charge in [-0.05, 0) is 110 Å². The first-order valence-electron chi connectivity index (χ1n) is 20.3. The van der Waals surface area contributed by atoms with E-state index in [0.29, 0.717) is 11.4 Å². The summed E-state index contributed by atoms with van der Waals surface area (Å²) < 4.78 is 50.5. The Morgan fingerprint density at radius 1 is 0.516 bits per heavy atom. The van der Waals surface area contributed by atoms with Gasteiger partial charge < -0.3 is 9.13 Å². The third kappa shape index (κ3) is 6.05. The number of fused-ring (bicyclic) bond motifs is 6. The molecule has 0 amide bonds. The van der Waals surface area contributed by atoms with E-state index in [1.54, 1.807) is 12.1 Å². The molecule has 10 rings (SSSR count). The molecule has 0 saturated heterocycles. The highest BCUT2D eigenvalue weighted by Gasteiger charge is 2.37. The van der Waals surface area contributed by atoms with Crippen molar-refractivity contribution < 1.29 is 13.2 Å². The number of hydrogen-bond acceptors (Lipinski definition) is 1. The van der Waals surface area contributed by atoms with Crippen molar-refractivity contribution in [3.63, 3.8) is 0 Å². The van der Waals surface area contributed by atoms with E-state index in [-0.39, 0.29) is 22.4 Å². The molecule has 0 aliphatic rings. The first-order valence-corrected chi connectivity index (χ1v) is 20.3. The second-order valence-corrected chi connectivity index (χ2v) is 16.1. The van der Waals surface area contributed by atoms with Crippen molar-refractivity contribution in [2.24, 2.45) is 0 Å². The minimum Gasteiger partial charge on any atom is -0.309 e. The fraction of sp³-hybridized carbons (Fsp3) is 0.0909. The second-order valence-electron chi connectivity index (χ2n) is 16.1. The highest BCUT2D eigenvalue weighted by Crippen LogP contribution is 2.50. The number of rotatable bonds is 5. The van der Waals surface area contributed by atoms with E-state index in [4.69, 9.17) is 6.57 Å². The van der Waals surface area contributed by atoms with E-state index >= 15 is 13.2 Å². The molecular formula is C55H37F3N4. The monoisotopic (exact) mass is 810 g/mol. The predicted octanol–water partition coefficient (Wildman–Crippen LogP) is 15.6. The number of nitriles is 1. The molecule has 0 fully saturated rings. The molecule has 7 heteroatoms. The standard InChI is InChI=1S/C55H37F3N4/c1-32-17-21-39(34(3)25-32)37-19-23-49-43(29-37)41-11-6-8-15-47(41)61(49)51-27-36(31-59)28-52(54(51)53-45(55(56,57)58)13-10-14-46(53)60-5)62-48-16-9-7-12-42(48)44-30-38(20-24-50(44)62)40-22-18-33(2)26-35(40)4/h6-30H,1-4H3. The Kier molecular flexibility index (Phi) is 8.91. The Bertz CT molecular complexity index is 3400. The van der Waals surface area contributed by atoms with Crippen LogP contribution in [0.1, 0.15) is 33.4 Å². The fourth-order valence-electron chi connectivity index (χ4n) is 9.49. The van der Waals surface area contributed by atoms with Gasteiger partial charge in [0.05, 0.1) is 57.2 Å². The topological polar surface area (TPSA) is 38.0 Å². The molecular weight excluding hydrogens is 774 g/mol. The maximum Gasteiger partial charge on any atom is 0.415 e. The van der Waals surface area contributed by atoms with Crippen LogP contribution in [0.2, 0.25) is 0 Å². The molecule has 0 spiro atoms. The van der Waals surface area contributed by atoms with Crippen LogP contribution in [0.4, 0.5) is 18.9 Å². The van der Waals surface area contributed by atoms with Crippen molar-refractivity contribution in [1.82, 2.24) is 9.13 Å². The molecule has 2 aromatic heterocycles. The molecule has 0 aliphatic heterocycles. The lowest BCUT2D eigenvalue weighted by Crippen LogP contribution is -2.11. The van der Waals surface area contributed by atoms with E-state index in [0.717, 1.165) is 94.2 Å². The highest BCUT2D eigenvalue weighted by atomic mass is 19.4. The van der Waals surface area contributed by atoms with Crippen LogP contribution in [-0.2, 0) is 6.18 Å². The van der Waals surface area contributed by atoms with Gasteiger partial charge in [0.25, 0.3) is 0 Å². The largest absolute Gasteiger partial charge is 0.415 e. The number of aromatic nitrogens is 2. The Labute approximate surface area is 356 Å². The number of nitrogens with zero attached hydrogens (tertiary/aromatic N) is 4. The first kappa shape index (κ1) is 38.3. The number of benzene rings is 8. The molecule has 0 radical (unpaired) electrons. The molecule has 4 nitrogen and oxygen atoms in total. The Balaban J connectivity index is 1.37. The van der Waals surface area contributed by atoms with Crippen molar-refractivity contribution in [3.05, 3.63) is 196 Å². The SMILES string of the molecule is [C-]#[N+]c1cccc(C(F)(F)F)c1-c1c(-n2c3ccccc3c3cc(-c4ccc(C)cc4C)ccc32)cc(C#N)cc1-n1c2ccccc2c2cc(-c3ccc(C)cc3C)ccc21. The normalized spacial score (nSPS) is 11.8. The van der Waals surface area contributed by atoms with Gasteiger partial charge in [0.2, 0.25) is 0 Å². The summed E-state index contributed by atoms with van der Waals surface area (Å²) >= 11 is 0. The Hall–Kier alpha value is -7.87. The maximum atomic E-state index is 15.5. The van der Waals surface area contributed by atoms with Gasteiger partial charge in [-0.25, -0.2) is 4.85 Å².